The first-order chi connectivity index (χ1) is 7.66. The van der Waals surface area contributed by atoms with Crippen molar-refractivity contribution in [3.05, 3.63) is 21.3 Å². The Kier molecular flexibility index (Phi) is 4.91. The number of hydrogen-bond donors (Lipinski definition) is 1. The normalized spacial score (nSPS) is 27.9. The molecular formula is C11H16ClNS3. The van der Waals surface area contributed by atoms with Crippen molar-refractivity contribution in [1.29, 1.82) is 0 Å². The van der Waals surface area contributed by atoms with E-state index in [0.717, 1.165) is 10.8 Å². The summed E-state index contributed by atoms with van der Waals surface area (Å²) >= 11 is 11.7. The summed E-state index contributed by atoms with van der Waals surface area (Å²) in [4.78, 5) is 1.31. The van der Waals surface area contributed by atoms with Crippen LogP contribution in [0.1, 0.15) is 11.8 Å². The Balaban J connectivity index is 1.93. The van der Waals surface area contributed by atoms with Crippen LogP contribution < -0.4 is 5.73 Å². The Morgan fingerprint density at radius 2 is 2.19 bits per heavy atom. The molecular weight excluding hydrogens is 278 g/mol. The topological polar surface area (TPSA) is 26.0 Å². The molecule has 0 spiro atoms. The van der Waals surface area contributed by atoms with E-state index >= 15 is 0 Å². The van der Waals surface area contributed by atoms with Gasteiger partial charge in [0.2, 0.25) is 0 Å². The van der Waals surface area contributed by atoms with Gasteiger partial charge in [-0.2, -0.15) is 23.5 Å². The largest absolute Gasteiger partial charge is 0.326 e. The smallest absolute Gasteiger partial charge is 0.0931 e. The zero-order chi connectivity index (χ0) is 11.5. The molecule has 1 aliphatic heterocycles. The van der Waals surface area contributed by atoms with Gasteiger partial charge in [-0.1, -0.05) is 18.5 Å². The van der Waals surface area contributed by atoms with Crippen LogP contribution in [0.15, 0.2) is 12.1 Å². The molecule has 0 aromatic carbocycles. The summed E-state index contributed by atoms with van der Waals surface area (Å²) in [5, 5.41) is 1.25. The third-order valence-electron chi connectivity index (χ3n) is 2.72. The van der Waals surface area contributed by atoms with Crippen molar-refractivity contribution in [3.8, 4) is 0 Å². The lowest BCUT2D eigenvalue weighted by Crippen LogP contribution is -2.41. The fourth-order valence-electron chi connectivity index (χ4n) is 1.93. The lowest BCUT2D eigenvalue weighted by molar-refractivity contribution is 0.626. The molecule has 2 rings (SSSR count). The van der Waals surface area contributed by atoms with Crippen LogP contribution in [-0.2, 0) is 6.42 Å². The standard InChI is InChI=1S/C11H16ClNS3/c1-7-11(15-5-4-14-7)9(13)6-8-2-3-10(12)16-8/h2-3,7,9,11H,4-6,13H2,1H3. The Morgan fingerprint density at radius 1 is 1.44 bits per heavy atom. The third kappa shape index (κ3) is 3.33. The molecule has 1 aromatic rings. The van der Waals surface area contributed by atoms with Gasteiger partial charge in [0.25, 0.3) is 0 Å². The van der Waals surface area contributed by atoms with Crippen molar-refractivity contribution >= 4 is 46.5 Å². The molecule has 5 heteroatoms. The summed E-state index contributed by atoms with van der Waals surface area (Å²) in [7, 11) is 0. The number of nitrogens with two attached hydrogens (primary N) is 1. The Labute approximate surface area is 115 Å². The minimum Gasteiger partial charge on any atom is -0.326 e. The third-order valence-corrected chi connectivity index (χ3v) is 7.25. The molecule has 1 nitrogen and oxygen atoms in total. The van der Waals surface area contributed by atoms with Crippen LogP contribution in [0.3, 0.4) is 0 Å². The summed E-state index contributed by atoms with van der Waals surface area (Å²) < 4.78 is 0.862. The van der Waals surface area contributed by atoms with Crippen LogP contribution >= 0.6 is 46.5 Å². The number of thioether (sulfide) groups is 2. The zero-order valence-electron chi connectivity index (χ0n) is 9.19. The second-order valence-electron chi connectivity index (χ2n) is 3.99. The van der Waals surface area contributed by atoms with Gasteiger partial charge in [0.1, 0.15) is 0 Å². The maximum atomic E-state index is 6.31. The summed E-state index contributed by atoms with van der Waals surface area (Å²) in [6, 6.07) is 4.31. The fraction of sp³-hybridized carbons (Fsp3) is 0.636. The maximum absolute atomic E-state index is 6.31. The van der Waals surface area contributed by atoms with Gasteiger partial charge in [-0.15, -0.1) is 11.3 Å². The van der Waals surface area contributed by atoms with Gasteiger partial charge in [-0.3, -0.25) is 0 Å². The van der Waals surface area contributed by atoms with E-state index in [4.69, 9.17) is 17.3 Å². The molecule has 3 unspecified atom stereocenters. The monoisotopic (exact) mass is 293 g/mol. The Hall–Kier alpha value is 0.650. The first-order valence-corrected chi connectivity index (χ1v) is 8.69. The SMILES string of the molecule is CC1SCCSC1C(N)Cc1ccc(Cl)s1. The quantitative estimate of drug-likeness (QED) is 0.924. The van der Waals surface area contributed by atoms with Crippen LogP contribution in [0, 0.1) is 0 Å². The van der Waals surface area contributed by atoms with Crippen molar-refractivity contribution in [2.75, 3.05) is 11.5 Å². The molecule has 3 atom stereocenters. The number of rotatable bonds is 3. The van der Waals surface area contributed by atoms with Crippen molar-refractivity contribution in [2.24, 2.45) is 5.73 Å². The van der Waals surface area contributed by atoms with E-state index < -0.39 is 0 Å². The van der Waals surface area contributed by atoms with Gasteiger partial charge < -0.3 is 5.73 Å². The van der Waals surface area contributed by atoms with Crippen molar-refractivity contribution < 1.29 is 0 Å². The first kappa shape index (κ1) is 13.1. The first-order valence-electron chi connectivity index (χ1n) is 5.40. The van der Waals surface area contributed by atoms with Crippen LogP contribution in [0.25, 0.3) is 0 Å². The van der Waals surface area contributed by atoms with Crippen LogP contribution in [0.4, 0.5) is 0 Å². The molecule has 0 aliphatic carbocycles. The minimum atomic E-state index is 0.252. The summed E-state index contributed by atoms with van der Waals surface area (Å²) in [5.74, 6) is 2.50. The van der Waals surface area contributed by atoms with Gasteiger partial charge in [0.15, 0.2) is 0 Å². The van der Waals surface area contributed by atoms with Gasteiger partial charge in [0, 0.05) is 32.9 Å². The highest BCUT2D eigenvalue weighted by molar-refractivity contribution is 8.07. The highest BCUT2D eigenvalue weighted by atomic mass is 35.5. The van der Waals surface area contributed by atoms with Gasteiger partial charge in [-0.25, -0.2) is 0 Å². The van der Waals surface area contributed by atoms with E-state index in [0.29, 0.717) is 10.5 Å². The van der Waals surface area contributed by atoms with Gasteiger partial charge in [-0.05, 0) is 18.6 Å². The molecule has 2 heterocycles. The molecule has 1 saturated heterocycles. The number of halogens is 1. The molecule has 2 N–H and O–H groups in total. The Morgan fingerprint density at radius 3 is 2.81 bits per heavy atom. The summed E-state index contributed by atoms with van der Waals surface area (Å²) in [6.07, 6.45) is 0.958. The van der Waals surface area contributed by atoms with E-state index in [1.807, 2.05) is 29.6 Å². The predicted octanol–water partition coefficient (Wildman–Crippen LogP) is 3.51. The molecule has 90 valence electrons. The maximum Gasteiger partial charge on any atom is 0.0931 e. The molecule has 1 aromatic heterocycles. The fourth-order valence-corrected chi connectivity index (χ4v) is 5.98. The Bertz CT molecular complexity index is 342. The molecule has 1 fully saturated rings. The molecule has 0 saturated carbocycles. The van der Waals surface area contributed by atoms with E-state index in [-0.39, 0.29) is 6.04 Å². The highest BCUT2D eigenvalue weighted by Gasteiger charge is 2.28. The average molecular weight is 294 g/mol. The number of hydrogen-bond acceptors (Lipinski definition) is 4. The van der Waals surface area contributed by atoms with Crippen LogP contribution in [0.5, 0.6) is 0 Å². The van der Waals surface area contributed by atoms with Crippen molar-refractivity contribution in [1.82, 2.24) is 0 Å². The molecule has 1 aliphatic rings. The summed E-state index contributed by atoms with van der Waals surface area (Å²) in [6.45, 7) is 2.29. The summed E-state index contributed by atoms with van der Waals surface area (Å²) in [5.41, 5.74) is 6.31. The molecule has 0 bridgehead atoms. The van der Waals surface area contributed by atoms with Crippen molar-refractivity contribution in [3.63, 3.8) is 0 Å². The molecule has 0 radical (unpaired) electrons. The van der Waals surface area contributed by atoms with E-state index in [1.165, 1.54) is 16.4 Å². The van der Waals surface area contributed by atoms with Crippen LogP contribution in [-0.4, -0.2) is 28.0 Å². The highest BCUT2D eigenvalue weighted by Crippen LogP contribution is 2.34. The van der Waals surface area contributed by atoms with Gasteiger partial charge in [0.05, 0.1) is 4.34 Å². The van der Waals surface area contributed by atoms with E-state index in [2.05, 4.69) is 13.0 Å². The molecule has 0 amide bonds. The second-order valence-corrected chi connectivity index (χ2v) is 8.56. The van der Waals surface area contributed by atoms with E-state index in [1.54, 1.807) is 11.3 Å². The average Bonchev–Trinajstić information content (AvgIpc) is 2.64. The second kappa shape index (κ2) is 6.01. The zero-order valence-corrected chi connectivity index (χ0v) is 12.4. The predicted molar refractivity (Wildman–Crippen MR) is 79.2 cm³/mol. The van der Waals surface area contributed by atoms with Crippen LogP contribution in [0.2, 0.25) is 4.34 Å². The minimum absolute atomic E-state index is 0.252. The number of thiophene rings is 1. The van der Waals surface area contributed by atoms with E-state index in [9.17, 15) is 0 Å². The van der Waals surface area contributed by atoms with Gasteiger partial charge >= 0.3 is 0 Å². The lowest BCUT2D eigenvalue weighted by Gasteiger charge is -2.32. The lowest BCUT2D eigenvalue weighted by atomic mass is 10.1. The molecule has 16 heavy (non-hydrogen) atoms. The van der Waals surface area contributed by atoms with Crippen molar-refractivity contribution in [2.45, 2.75) is 29.9 Å².